The Labute approximate surface area is 286 Å². The van der Waals surface area contributed by atoms with Crippen LogP contribution >= 0.6 is 0 Å². The maximum atomic E-state index is 13.9. The average Bonchev–Trinajstić information content (AvgIpc) is 3.80. The molecule has 7 rings (SSSR count). The second-order valence-electron chi connectivity index (χ2n) is 10.2. The van der Waals surface area contributed by atoms with Gasteiger partial charge in [0.1, 0.15) is 5.69 Å². The van der Waals surface area contributed by atoms with E-state index in [1.54, 1.807) is 29.0 Å². The minimum absolute atomic E-state index is 0. The maximum absolute atomic E-state index is 13.9. The summed E-state index contributed by atoms with van der Waals surface area (Å²) < 4.78 is 67.2. The van der Waals surface area contributed by atoms with Crippen LogP contribution in [-0.4, -0.2) is 24.7 Å². The van der Waals surface area contributed by atoms with Crippen LogP contribution in [0.2, 0.25) is 0 Å². The minimum Gasteiger partial charge on any atom is -0.574 e. The van der Waals surface area contributed by atoms with E-state index in [0.717, 1.165) is 40.2 Å². The van der Waals surface area contributed by atoms with Crippen molar-refractivity contribution in [1.29, 1.82) is 0 Å². The third-order valence-corrected chi connectivity index (χ3v) is 6.72. The third kappa shape index (κ3) is 8.78. The van der Waals surface area contributed by atoms with Gasteiger partial charge in [0.05, 0.1) is 25.2 Å². The van der Waals surface area contributed by atoms with E-state index >= 15 is 0 Å². The predicted molar refractivity (Wildman–Crippen MR) is 163 cm³/mol. The molecule has 48 heavy (non-hydrogen) atoms. The standard InChI is InChI=1S/C16H13F2N2.C9H5F3N3.C9H8N3.Ir/c1-11-7-12(17)8-14(18)13(11)9-20-10-19(2)15-5-3-4-6-16(15)20;10-9(11,12)8-5-7(14-15-8)6-3-1-2-4-13-6;1-7-6-9(12-11-7)8-4-2-3-5-10-8;/h3-8H,1,9H2,2H3;1-5H;2-6H,1H3;/q3*-1;. The smallest absolute Gasteiger partial charge is 0.431 e. The van der Waals surface area contributed by atoms with Crippen molar-refractivity contribution in [3.63, 3.8) is 0 Å². The Balaban J connectivity index is 0.000000166. The van der Waals surface area contributed by atoms with Gasteiger partial charge in [-0.05, 0) is 43.3 Å². The molecule has 1 radical (unpaired) electrons. The number of aromatic nitrogens is 8. The Kier molecular flexibility index (Phi) is 11.6. The van der Waals surface area contributed by atoms with E-state index < -0.39 is 23.5 Å². The third-order valence-electron chi connectivity index (χ3n) is 6.72. The van der Waals surface area contributed by atoms with Crippen molar-refractivity contribution < 1.29 is 46.6 Å². The maximum Gasteiger partial charge on any atom is 0.431 e. The molecule has 5 aromatic heterocycles. The first-order chi connectivity index (χ1) is 22.5. The number of hydrogen-bond acceptors (Lipinski definition) is 4. The molecule has 0 unspecified atom stereocenters. The summed E-state index contributed by atoms with van der Waals surface area (Å²) in [6.07, 6.45) is 1.89. The van der Waals surface area contributed by atoms with E-state index in [2.05, 4.69) is 43.6 Å². The molecule has 5 heterocycles. The van der Waals surface area contributed by atoms with Crippen molar-refractivity contribution in [1.82, 2.24) is 34.9 Å². The molecule has 0 aliphatic heterocycles. The van der Waals surface area contributed by atoms with Gasteiger partial charge in [-0.3, -0.25) is 9.97 Å². The van der Waals surface area contributed by atoms with Crippen LogP contribution in [-0.2, 0) is 39.9 Å². The number of fused-ring (bicyclic) bond motifs is 1. The molecular weight excluding hydrogens is 808 g/mol. The monoisotopic (exact) mass is 834 g/mol. The van der Waals surface area contributed by atoms with E-state index in [1.165, 1.54) is 12.3 Å². The van der Waals surface area contributed by atoms with Crippen molar-refractivity contribution in [2.75, 3.05) is 0 Å². The molecule has 249 valence electrons. The molecular formula is C34H26F5IrN8-3. The summed E-state index contributed by atoms with van der Waals surface area (Å²) in [6.45, 7) is 5.90. The summed E-state index contributed by atoms with van der Waals surface area (Å²) >= 11 is 0. The summed E-state index contributed by atoms with van der Waals surface area (Å²) in [6, 6.07) is 23.3. The Morgan fingerprint density at radius 1 is 0.833 bits per heavy atom. The van der Waals surface area contributed by atoms with Gasteiger partial charge in [0.25, 0.3) is 0 Å². The van der Waals surface area contributed by atoms with Crippen molar-refractivity contribution in [3.05, 3.63) is 145 Å². The zero-order valence-corrected chi connectivity index (χ0v) is 27.8. The van der Waals surface area contributed by atoms with Crippen molar-refractivity contribution in [2.45, 2.75) is 19.6 Å². The summed E-state index contributed by atoms with van der Waals surface area (Å²) in [5.41, 5.74) is 4.83. The zero-order valence-electron chi connectivity index (χ0n) is 25.5. The van der Waals surface area contributed by atoms with Crippen LogP contribution in [0, 0.1) is 31.8 Å². The molecule has 0 saturated heterocycles. The van der Waals surface area contributed by atoms with Crippen molar-refractivity contribution in [3.8, 4) is 22.8 Å². The fraction of sp³-hybridized carbons (Fsp3) is 0.118. The SMILES string of the molecule is Cc1cc(-c2ccccn2)[n-]n1.FC(F)(F)c1cc(-c2ccccn2)[n-]n1.[CH2-]c1cc(F)cc(F)c1C[n+]1[c-]n(C)c2ccccc21.[Ir]. The molecule has 8 nitrogen and oxygen atoms in total. The molecule has 0 N–H and O–H groups in total. The van der Waals surface area contributed by atoms with Gasteiger partial charge in [-0.25, -0.2) is 8.78 Å². The molecule has 14 heteroatoms. The summed E-state index contributed by atoms with van der Waals surface area (Å²) in [5, 5.41) is 14.3. The number of benzene rings is 2. The van der Waals surface area contributed by atoms with Crippen molar-refractivity contribution in [2.24, 2.45) is 7.05 Å². The number of imidazole rings is 1. The van der Waals surface area contributed by atoms with Gasteiger partial charge in [-0.1, -0.05) is 59.4 Å². The Hall–Kier alpha value is -5.20. The normalized spacial score (nSPS) is 10.8. The quantitative estimate of drug-likeness (QED) is 0.118. The van der Waals surface area contributed by atoms with Gasteiger partial charge < -0.3 is 29.5 Å². The number of aryl methyl sites for hydroxylation is 2. The first kappa shape index (κ1) is 35.6. The first-order valence-electron chi connectivity index (χ1n) is 14.0. The van der Waals surface area contributed by atoms with E-state index in [1.807, 2.05) is 67.1 Å². The first-order valence-corrected chi connectivity index (χ1v) is 14.0. The Bertz CT molecular complexity index is 2050. The molecule has 0 aliphatic carbocycles. The number of halogens is 5. The van der Waals surface area contributed by atoms with Gasteiger partial charge in [0, 0.05) is 60.6 Å². The number of para-hydroxylation sites is 2. The van der Waals surface area contributed by atoms with Gasteiger partial charge in [0.15, 0.2) is 0 Å². The van der Waals surface area contributed by atoms with Crippen LogP contribution in [0.5, 0.6) is 0 Å². The second kappa shape index (κ2) is 15.6. The van der Waals surface area contributed by atoms with E-state index in [0.29, 0.717) is 16.8 Å². The topological polar surface area (TPSA) is 88.6 Å². The summed E-state index contributed by atoms with van der Waals surface area (Å²) in [5.74, 6) is -1.19. The molecule has 0 bridgehead atoms. The van der Waals surface area contributed by atoms with Crippen LogP contribution in [0.1, 0.15) is 22.5 Å². The molecule has 7 aromatic rings. The molecule has 0 aliphatic rings. The number of rotatable bonds is 4. The van der Waals surface area contributed by atoms with Crippen LogP contribution in [0.25, 0.3) is 33.8 Å². The molecule has 0 amide bonds. The summed E-state index contributed by atoms with van der Waals surface area (Å²) in [4.78, 5) is 8.03. The predicted octanol–water partition coefficient (Wildman–Crippen LogP) is 6.30. The number of nitrogens with zero attached hydrogens (tertiary/aromatic N) is 8. The zero-order chi connectivity index (χ0) is 33.6. The number of hydrogen-bond donors (Lipinski definition) is 0. The molecule has 0 saturated carbocycles. The molecule has 0 fully saturated rings. The van der Waals surface area contributed by atoms with Crippen LogP contribution in [0.4, 0.5) is 22.0 Å². The number of alkyl halides is 3. The van der Waals surface area contributed by atoms with Crippen LogP contribution in [0.3, 0.4) is 0 Å². The van der Waals surface area contributed by atoms with E-state index in [-0.39, 0.29) is 32.3 Å². The fourth-order valence-electron chi connectivity index (χ4n) is 4.48. The minimum atomic E-state index is -4.46. The van der Waals surface area contributed by atoms with Gasteiger partial charge >= 0.3 is 6.18 Å². The average molecular weight is 834 g/mol. The summed E-state index contributed by atoms with van der Waals surface area (Å²) in [7, 11) is 1.88. The number of pyridine rings is 2. The molecule has 0 atom stereocenters. The Morgan fingerprint density at radius 2 is 1.44 bits per heavy atom. The fourth-order valence-corrected chi connectivity index (χ4v) is 4.48. The Morgan fingerprint density at radius 3 is 1.98 bits per heavy atom. The molecule has 0 spiro atoms. The van der Waals surface area contributed by atoms with E-state index in [4.69, 9.17) is 0 Å². The largest absolute Gasteiger partial charge is 0.574 e. The van der Waals surface area contributed by atoms with Crippen LogP contribution in [0.15, 0.2) is 97.3 Å². The van der Waals surface area contributed by atoms with Gasteiger partial charge in [0.2, 0.25) is 6.33 Å². The van der Waals surface area contributed by atoms with Crippen LogP contribution < -0.4 is 14.8 Å². The van der Waals surface area contributed by atoms with Gasteiger partial charge in [-0.15, -0.1) is 6.07 Å². The van der Waals surface area contributed by atoms with Gasteiger partial charge in [-0.2, -0.15) is 25.7 Å². The molecule has 2 aromatic carbocycles. The second-order valence-corrected chi connectivity index (χ2v) is 10.2. The van der Waals surface area contributed by atoms with E-state index in [9.17, 15) is 22.0 Å². The van der Waals surface area contributed by atoms with Crippen molar-refractivity contribution >= 4 is 11.0 Å².